The molecule has 1 aromatic carbocycles. The van der Waals surface area contributed by atoms with Gasteiger partial charge >= 0.3 is 0 Å². The average Bonchev–Trinajstić information content (AvgIpc) is 3.17. The highest BCUT2D eigenvalue weighted by molar-refractivity contribution is 5.93. The van der Waals surface area contributed by atoms with Crippen molar-refractivity contribution in [2.75, 3.05) is 12.8 Å². The van der Waals surface area contributed by atoms with Crippen LogP contribution in [-0.2, 0) is 0 Å². The number of anilines is 1. The summed E-state index contributed by atoms with van der Waals surface area (Å²) in [4.78, 5) is 0. The van der Waals surface area contributed by atoms with Crippen molar-refractivity contribution >= 4 is 22.4 Å². The number of nitriles is 1. The minimum atomic E-state index is 0.403. The molecule has 25 heavy (non-hydrogen) atoms. The number of aryl methyl sites for hydroxylation is 1. The molecule has 0 spiro atoms. The molecule has 0 saturated carbocycles. The van der Waals surface area contributed by atoms with Crippen molar-refractivity contribution in [1.82, 2.24) is 14.2 Å². The zero-order chi connectivity index (χ0) is 17.7. The second-order valence-electron chi connectivity index (χ2n) is 6.00. The second-order valence-corrected chi connectivity index (χ2v) is 6.00. The normalized spacial score (nSPS) is 11.1. The first-order valence-electron chi connectivity index (χ1n) is 7.89. The fourth-order valence-corrected chi connectivity index (χ4v) is 3.47. The highest BCUT2D eigenvalue weighted by Gasteiger charge is 2.22. The molecule has 0 fully saturated rings. The molecular weight excluding hydrogens is 314 g/mol. The topological polar surface area (TPSA) is 81.3 Å². The largest absolute Gasteiger partial charge is 0.496 e. The number of pyridine rings is 1. The average molecular weight is 331 g/mol. The Labute approximate surface area is 144 Å². The molecule has 124 valence electrons. The fourth-order valence-electron chi connectivity index (χ4n) is 3.47. The first-order chi connectivity index (χ1) is 12.1. The van der Waals surface area contributed by atoms with Crippen LogP contribution in [0.2, 0.25) is 0 Å². The molecule has 3 aromatic heterocycles. The summed E-state index contributed by atoms with van der Waals surface area (Å²) in [5, 5.41) is 14.8. The van der Waals surface area contributed by atoms with E-state index in [9.17, 15) is 5.26 Å². The molecule has 0 amide bonds. The van der Waals surface area contributed by atoms with Crippen LogP contribution in [0.15, 0.2) is 36.5 Å². The molecule has 2 N–H and O–H groups in total. The van der Waals surface area contributed by atoms with Gasteiger partial charge in [0.1, 0.15) is 28.8 Å². The van der Waals surface area contributed by atoms with Crippen molar-refractivity contribution in [2.24, 2.45) is 0 Å². The van der Waals surface area contributed by atoms with Gasteiger partial charge in [0.15, 0.2) is 0 Å². The molecule has 3 heterocycles. The maximum absolute atomic E-state index is 9.64. The molecule has 0 atom stereocenters. The monoisotopic (exact) mass is 331 g/mol. The number of rotatable bonds is 2. The Hall–Kier alpha value is -3.46. The van der Waals surface area contributed by atoms with Gasteiger partial charge < -0.3 is 10.5 Å². The lowest BCUT2D eigenvalue weighted by Gasteiger charge is -2.17. The highest BCUT2D eigenvalue weighted by Crippen LogP contribution is 2.36. The highest BCUT2D eigenvalue weighted by atomic mass is 16.5. The van der Waals surface area contributed by atoms with Crippen LogP contribution >= 0.6 is 0 Å². The van der Waals surface area contributed by atoms with E-state index >= 15 is 0 Å². The number of nitrogens with two attached hydrogens (primary N) is 1. The van der Waals surface area contributed by atoms with Gasteiger partial charge in [0.05, 0.1) is 24.5 Å². The van der Waals surface area contributed by atoms with Crippen molar-refractivity contribution in [1.29, 1.82) is 5.26 Å². The van der Waals surface area contributed by atoms with Gasteiger partial charge in [-0.2, -0.15) is 10.4 Å². The summed E-state index contributed by atoms with van der Waals surface area (Å²) in [7, 11) is 1.64. The Balaban J connectivity index is 2.26. The van der Waals surface area contributed by atoms with Crippen molar-refractivity contribution in [3.8, 4) is 17.5 Å². The maximum atomic E-state index is 9.64. The predicted molar refractivity (Wildman–Crippen MR) is 97.2 cm³/mol. The van der Waals surface area contributed by atoms with Gasteiger partial charge in [-0.15, -0.1) is 0 Å². The molecular formula is C19H17N5O. The number of ether oxygens (including phenoxy) is 1. The van der Waals surface area contributed by atoms with Crippen LogP contribution < -0.4 is 10.5 Å². The van der Waals surface area contributed by atoms with Gasteiger partial charge in [0.2, 0.25) is 0 Å². The third-order valence-electron chi connectivity index (χ3n) is 4.65. The van der Waals surface area contributed by atoms with Gasteiger partial charge in [-0.1, -0.05) is 6.07 Å². The number of methoxy groups -OCH3 is 1. The number of fused-ring (bicyclic) bond motifs is 3. The number of benzene rings is 1. The van der Waals surface area contributed by atoms with Crippen molar-refractivity contribution in [3.63, 3.8) is 0 Å². The van der Waals surface area contributed by atoms with E-state index in [0.717, 1.165) is 39.1 Å². The summed E-state index contributed by atoms with van der Waals surface area (Å²) in [6, 6.07) is 11.9. The first-order valence-corrected chi connectivity index (χ1v) is 7.89. The minimum Gasteiger partial charge on any atom is -0.496 e. The Kier molecular flexibility index (Phi) is 3.19. The van der Waals surface area contributed by atoms with E-state index in [1.807, 2.05) is 53.3 Å². The summed E-state index contributed by atoms with van der Waals surface area (Å²) in [6.07, 6.45) is 1.74. The van der Waals surface area contributed by atoms with E-state index in [4.69, 9.17) is 10.5 Å². The Bertz CT molecular complexity index is 1180. The molecule has 0 unspecified atom stereocenters. The Morgan fingerprint density at radius 1 is 1.16 bits per heavy atom. The van der Waals surface area contributed by atoms with Gasteiger partial charge in [-0.3, -0.25) is 4.57 Å². The number of nitrogen functional groups attached to an aromatic ring is 1. The minimum absolute atomic E-state index is 0.403. The van der Waals surface area contributed by atoms with Gasteiger partial charge in [-0.05, 0) is 43.7 Å². The van der Waals surface area contributed by atoms with Crippen LogP contribution in [-0.4, -0.2) is 21.3 Å². The van der Waals surface area contributed by atoms with Crippen LogP contribution in [0.1, 0.15) is 16.7 Å². The van der Waals surface area contributed by atoms with E-state index in [1.54, 1.807) is 13.3 Å². The number of hydrogen-bond donors (Lipinski definition) is 1. The molecule has 0 bridgehead atoms. The zero-order valence-corrected chi connectivity index (χ0v) is 14.2. The molecule has 0 aliphatic carbocycles. The molecule has 6 nitrogen and oxygen atoms in total. The molecule has 0 aliphatic rings. The first kappa shape index (κ1) is 15.1. The molecule has 0 aliphatic heterocycles. The fraction of sp³-hybridized carbons (Fsp3) is 0.158. The van der Waals surface area contributed by atoms with E-state index in [2.05, 4.69) is 11.2 Å². The van der Waals surface area contributed by atoms with Crippen LogP contribution in [0.25, 0.3) is 22.2 Å². The standard InChI is InChI=1S/C19H17N5O/c1-11-4-7-16(25-3)12(2)17(11)23-18(21)15(10-20)14-6-5-13-8-9-22-24(13)19(14)23/h4-9H,21H2,1-3H3. The summed E-state index contributed by atoms with van der Waals surface area (Å²) < 4.78 is 9.19. The maximum Gasteiger partial charge on any atom is 0.149 e. The number of hydrogen-bond acceptors (Lipinski definition) is 4. The lowest BCUT2D eigenvalue weighted by atomic mass is 10.1. The molecule has 0 saturated heterocycles. The van der Waals surface area contributed by atoms with Crippen LogP contribution in [0.3, 0.4) is 0 Å². The molecule has 4 rings (SSSR count). The lowest BCUT2D eigenvalue weighted by molar-refractivity contribution is 0.411. The van der Waals surface area contributed by atoms with Gasteiger partial charge in [0.25, 0.3) is 0 Å². The Morgan fingerprint density at radius 2 is 1.96 bits per heavy atom. The van der Waals surface area contributed by atoms with Crippen molar-refractivity contribution < 1.29 is 4.74 Å². The van der Waals surface area contributed by atoms with E-state index < -0.39 is 0 Å². The molecule has 4 aromatic rings. The third-order valence-corrected chi connectivity index (χ3v) is 4.65. The number of aromatic nitrogens is 3. The SMILES string of the molecule is COc1ccc(C)c(-n2c(N)c(C#N)c3ccc4ccnn4c32)c1C. The van der Waals surface area contributed by atoms with Gasteiger partial charge in [-0.25, -0.2) is 4.52 Å². The number of nitrogens with zero attached hydrogens (tertiary/aromatic N) is 4. The van der Waals surface area contributed by atoms with E-state index in [1.165, 1.54) is 0 Å². The molecule has 0 radical (unpaired) electrons. The van der Waals surface area contributed by atoms with Crippen molar-refractivity contribution in [2.45, 2.75) is 13.8 Å². The molecule has 6 heteroatoms. The quantitative estimate of drug-likeness (QED) is 0.610. The second kappa shape index (κ2) is 5.28. The lowest BCUT2D eigenvalue weighted by Crippen LogP contribution is -2.08. The summed E-state index contributed by atoms with van der Waals surface area (Å²) >= 11 is 0. The van der Waals surface area contributed by atoms with Crippen LogP contribution in [0.5, 0.6) is 5.75 Å². The Morgan fingerprint density at radius 3 is 2.68 bits per heavy atom. The third kappa shape index (κ3) is 1.93. The summed E-state index contributed by atoms with van der Waals surface area (Å²) in [6.45, 7) is 4.00. The smallest absolute Gasteiger partial charge is 0.149 e. The predicted octanol–water partition coefficient (Wildman–Crippen LogP) is 3.36. The van der Waals surface area contributed by atoms with Crippen LogP contribution in [0.4, 0.5) is 5.82 Å². The van der Waals surface area contributed by atoms with Crippen LogP contribution in [0, 0.1) is 25.2 Å². The summed E-state index contributed by atoms with van der Waals surface area (Å²) in [5.74, 6) is 1.17. The summed E-state index contributed by atoms with van der Waals surface area (Å²) in [5.41, 5.74) is 11.5. The van der Waals surface area contributed by atoms with E-state index in [-0.39, 0.29) is 0 Å². The zero-order valence-electron chi connectivity index (χ0n) is 14.2. The van der Waals surface area contributed by atoms with Crippen molar-refractivity contribution in [3.05, 3.63) is 53.2 Å². The van der Waals surface area contributed by atoms with E-state index in [0.29, 0.717) is 11.4 Å². The van der Waals surface area contributed by atoms with Gasteiger partial charge in [0, 0.05) is 10.9 Å².